The molecule has 1 aliphatic heterocycles. The first-order chi connectivity index (χ1) is 12.9. The lowest BCUT2D eigenvalue weighted by Gasteiger charge is -2.33. The second-order valence-corrected chi connectivity index (χ2v) is 7.40. The Hall–Kier alpha value is -2.31. The minimum atomic E-state index is -4.35. The van der Waals surface area contributed by atoms with Gasteiger partial charge >= 0.3 is 6.18 Å². The molecular weight excluding hydrogens is 355 g/mol. The molecule has 0 unspecified atom stereocenters. The first-order valence-corrected chi connectivity index (χ1v) is 9.36. The molecule has 0 saturated carbocycles. The van der Waals surface area contributed by atoms with Crippen molar-refractivity contribution in [1.82, 2.24) is 14.7 Å². The number of carbonyl (C=O) groups is 1. The zero-order valence-electron chi connectivity index (χ0n) is 15.2. The van der Waals surface area contributed by atoms with E-state index in [4.69, 9.17) is 0 Å². The van der Waals surface area contributed by atoms with E-state index >= 15 is 0 Å². The van der Waals surface area contributed by atoms with Crippen molar-refractivity contribution < 1.29 is 18.0 Å². The van der Waals surface area contributed by atoms with Crippen molar-refractivity contribution in [2.45, 2.75) is 44.2 Å². The summed E-state index contributed by atoms with van der Waals surface area (Å²) in [6.45, 7) is 0.919. The van der Waals surface area contributed by atoms with Gasteiger partial charge in [0.05, 0.1) is 5.56 Å². The van der Waals surface area contributed by atoms with Crippen LogP contribution in [0.4, 0.5) is 13.2 Å². The van der Waals surface area contributed by atoms with Gasteiger partial charge in [-0.15, -0.1) is 0 Å². The number of aryl methyl sites for hydroxylation is 1. The Labute approximate surface area is 156 Å². The van der Waals surface area contributed by atoms with Crippen LogP contribution >= 0.6 is 0 Å². The quantitative estimate of drug-likeness (QED) is 0.795. The average Bonchev–Trinajstić information content (AvgIpc) is 3.25. The molecule has 0 bridgehead atoms. The Bertz CT molecular complexity index is 864. The summed E-state index contributed by atoms with van der Waals surface area (Å²) in [5, 5.41) is 4.41. The van der Waals surface area contributed by atoms with Crippen LogP contribution in [0.25, 0.3) is 0 Å². The fourth-order valence-electron chi connectivity index (χ4n) is 4.44. The maximum atomic E-state index is 13.3. The molecule has 1 amide bonds. The molecule has 1 saturated heterocycles. The molecule has 1 aromatic carbocycles. The standard InChI is InChI=1S/C20H22F3N3O/c1-25-17-8-4-6-15(17)18(24-25)19(27)26-11-9-13(10-12-26)14-5-2-3-7-16(14)20(21,22)23/h2-3,5,7,13H,4,6,8-12H2,1H3. The third kappa shape index (κ3) is 3.24. The van der Waals surface area contributed by atoms with Gasteiger partial charge in [-0.25, -0.2) is 0 Å². The number of carbonyl (C=O) groups excluding carboxylic acids is 1. The Morgan fingerprint density at radius 1 is 1.15 bits per heavy atom. The number of amides is 1. The number of benzene rings is 1. The van der Waals surface area contributed by atoms with Crippen LogP contribution in [0, 0.1) is 0 Å². The molecule has 2 aliphatic rings. The summed E-state index contributed by atoms with van der Waals surface area (Å²) < 4.78 is 41.6. The molecule has 0 N–H and O–H groups in total. The Morgan fingerprint density at radius 3 is 2.56 bits per heavy atom. The summed E-state index contributed by atoms with van der Waals surface area (Å²) in [5.74, 6) is -0.266. The van der Waals surface area contributed by atoms with Crippen molar-refractivity contribution in [3.05, 3.63) is 52.3 Å². The number of likely N-dealkylation sites (tertiary alicyclic amines) is 1. The van der Waals surface area contributed by atoms with Crippen molar-refractivity contribution in [1.29, 1.82) is 0 Å². The van der Waals surface area contributed by atoms with E-state index in [0.717, 1.165) is 36.6 Å². The molecule has 7 heteroatoms. The van der Waals surface area contributed by atoms with E-state index in [2.05, 4.69) is 5.10 Å². The van der Waals surface area contributed by atoms with Gasteiger partial charge in [-0.05, 0) is 49.7 Å². The van der Waals surface area contributed by atoms with Gasteiger partial charge in [0.1, 0.15) is 0 Å². The summed E-state index contributed by atoms with van der Waals surface area (Å²) in [6.07, 6.45) is -0.417. The highest BCUT2D eigenvalue weighted by molar-refractivity contribution is 5.94. The summed E-state index contributed by atoms with van der Waals surface area (Å²) >= 11 is 0. The zero-order chi connectivity index (χ0) is 19.2. The molecule has 0 radical (unpaired) electrons. The highest BCUT2D eigenvalue weighted by Gasteiger charge is 2.36. The topological polar surface area (TPSA) is 38.1 Å². The van der Waals surface area contributed by atoms with E-state index in [1.807, 2.05) is 7.05 Å². The van der Waals surface area contributed by atoms with Crippen LogP contribution in [-0.2, 0) is 26.1 Å². The second-order valence-electron chi connectivity index (χ2n) is 7.40. The van der Waals surface area contributed by atoms with E-state index in [0.29, 0.717) is 37.2 Å². The first-order valence-electron chi connectivity index (χ1n) is 9.36. The van der Waals surface area contributed by atoms with Gasteiger partial charge in [0.2, 0.25) is 0 Å². The van der Waals surface area contributed by atoms with Gasteiger partial charge in [-0.2, -0.15) is 18.3 Å². The maximum Gasteiger partial charge on any atom is 0.416 e. The number of piperidine rings is 1. The smallest absolute Gasteiger partial charge is 0.337 e. The second kappa shape index (κ2) is 6.69. The summed E-state index contributed by atoms with van der Waals surface area (Å²) in [6, 6.07) is 5.78. The summed E-state index contributed by atoms with van der Waals surface area (Å²) in [4.78, 5) is 14.7. The van der Waals surface area contributed by atoms with E-state index in [1.165, 1.54) is 6.07 Å². The molecule has 0 atom stereocenters. The van der Waals surface area contributed by atoms with Crippen LogP contribution in [0.5, 0.6) is 0 Å². The molecule has 144 valence electrons. The highest BCUT2D eigenvalue weighted by Crippen LogP contribution is 2.39. The fraction of sp³-hybridized carbons (Fsp3) is 0.500. The minimum absolute atomic E-state index is 0.0868. The number of hydrogen-bond acceptors (Lipinski definition) is 2. The number of nitrogens with zero attached hydrogens (tertiary/aromatic N) is 3. The predicted octanol–water partition coefficient (Wildman–Crippen LogP) is 3.95. The minimum Gasteiger partial charge on any atom is -0.337 e. The third-order valence-corrected chi connectivity index (χ3v) is 5.81. The first kappa shape index (κ1) is 18.1. The number of alkyl halides is 3. The SMILES string of the molecule is Cn1nc(C(=O)N2CCC(c3ccccc3C(F)(F)F)CC2)c2c1CCC2. The Balaban J connectivity index is 1.49. The van der Waals surface area contributed by atoms with Gasteiger partial charge in [0.25, 0.3) is 5.91 Å². The number of aromatic nitrogens is 2. The maximum absolute atomic E-state index is 13.3. The molecule has 2 heterocycles. The lowest BCUT2D eigenvalue weighted by molar-refractivity contribution is -0.138. The summed E-state index contributed by atoms with van der Waals surface area (Å²) in [7, 11) is 1.86. The molecule has 0 spiro atoms. The number of rotatable bonds is 2. The predicted molar refractivity (Wildman–Crippen MR) is 94.6 cm³/mol. The van der Waals surface area contributed by atoms with E-state index < -0.39 is 11.7 Å². The molecular formula is C20H22F3N3O. The molecule has 4 rings (SSSR count). The normalized spacial score (nSPS) is 18.0. The van der Waals surface area contributed by atoms with Gasteiger partial charge in [0.15, 0.2) is 5.69 Å². The molecule has 1 fully saturated rings. The van der Waals surface area contributed by atoms with Crippen LogP contribution in [0.1, 0.15) is 58.1 Å². The monoisotopic (exact) mass is 377 g/mol. The van der Waals surface area contributed by atoms with Crippen molar-refractivity contribution in [3.8, 4) is 0 Å². The van der Waals surface area contributed by atoms with Crippen molar-refractivity contribution >= 4 is 5.91 Å². The van der Waals surface area contributed by atoms with E-state index in [1.54, 1.807) is 21.7 Å². The number of halogens is 3. The van der Waals surface area contributed by atoms with E-state index in [9.17, 15) is 18.0 Å². The lowest BCUT2D eigenvalue weighted by atomic mass is 9.86. The van der Waals surface area contributed by atoms with Gasteiger partial charge in [0, 0.05) is 31.4 Å². The molecule has 4 nitrogen and oxygen atoms in total. The van der Waals surface area contributed by atoms with Crippen molar-refractivity contribution in [3.63, 3.8) is 0 Å². The Kier molecular flexibility index (Phi) is 4.48. The molecule has 2 aromatic rings. The lowest BCUT2D eigenvalue weighted by Crippen LogP contribution is -2.38. The van der Waals surface area contributed by atoms with Crippen LogP contribution in [-0.4, -0.2) is 33.7 Å². The third-order valence-electron chi connectivity index (χ3n) is 5.81. The van der Waals surface area contributed by atoms with Crippen molar-refractivity contribution in [2.75, 3.05) is 13.1 Å². The molecule has 1 aromatic heterocycles. The van der Waals surface area contributed by atoms with Crippen LogP contribution in [0.2, 0.25) is 0 Å². The van der Waals surface area contributed by atoms with Gasteiger partial charge < -0.3 is 4.90 Å². The number of fused-ring (bicyclic) bond motifs is 1. The Morgan fingerprint density at radius 2 is 1.85 bits per heavy atom. The van der Waals surface area contributed by atoms with Crippen LogP contribution in [0.15, 0.2) is 24.3 Å². The molecule has 1 aliphatic carbocycles. The van der Waals surface area contributed by atoms with Crippen LogP contribution in [0.3, 0.4) is 0 Å². The van der Waals surface area contributed by atoms with Crippen molar-refractivity contribution in [2.24, 2.45) is 7.05 Å². The highest BCUT2D eigenvalue weighted by atomic mass is 19.4. The number of hydrogen-bond donors (Lipinski definition) is 0. The molecule has 27 heavy (non-hydrogen) atoms. The largest absolute Gasteiger partial charge is 0.416 e. The van der Waals surface area contributed by atoms with E-state index in [-0.39, 0.29) is 11.8 Å². The van der Waals surface area contributed by atoms with Gasteiger partial charge in [-0.3, -0.25) is 9.48 Å². The van der Waals surface area contributed by atoms with Crippen LogP contribution < -0.4 is 0 Å². The zero-order valence-corrected chi connectivity index (χ0v) is 15.2. The average molecular weight is 377 g/mol. The summed E-state index contributed by atoms with van der Waals surface area (Å²) in [5.41, 5.74) is 2.49. The fourth-order valence-corrected chi connectivity index (χ4v) is 4.44. The van der Waals surface area contributed by atoms with Gasteiger partial charge in [-0.1, -0.05) is 18.2 Å².